The molecule has 0 radical (unpaired) electrons. The minimum atomic E-state index is -1.21. The summed E-state index contributed by atoms with van der Waals surface area (Å²) in [6, 6.07) is 8.04. The number of carbonyl (C=O) groups is 2. The van der Waals surface area contributed by atoms with Crippen LogP contribution >= 0.6 is 15.9 Å². The van der Waals surface area contributed by atoms with Crippen molar-refractivity contribution in [2.45, 2.75) is 6.92 Å². The lowest BCUT2D eigenvalue weighted by molar-refractivity contribution is 0.0660. The third kappa shape index (κ3) is 3.03. The molecule has 0 saturated carbocycles. The van der Waals surface area contributed by atoms with Crippen LogP contribution in [0.3, 0.4) is 0 Å². The Morgan fingerprint density at radius 1 is 1.21 bits per heavy atom. The van der Waals surface area contributed by atoms with Gasteiger partial charge in [-0.2, -0.15) is 0 Å². The molecule has 0 spiro atoms. The number of aryl methyl sites for hydroxylation is 1. The van der Waals surface area contributed by atoms with E-state index in [4.69, 9.17) is 9.52 Å². The summed E-state index contributed by atoms with van der Waals surface area (Å²) in [6.07, 6.45) is 0. The van der Waals surface area contributed by atoms with E-state index >= 15 is 0 Å². The Kier molecular flexibility index (Phi) is 3.71. The molecule has 1 amide bonds. The number of benzene rings is 1. The van der Waals surface area contributed by atoms with E-state index in [-0.39, 0.29) is 11.5 Å². The first-order valence-corrected chi connectivity index (χ1v) is 6.17. The smallest absolute Gasteiger partial charge is 0.371 e. The highest BCUT2D eigenvalue weighted by molar-refractivity contribution is 9.10. The van der Waals surface area contributed by atoms with Gasteiger partial charge in [0.15, 0.2) is 5.76 Å². The number of carboxylic acids is 1. The van der Waals surface area contributed by atoms with Crippen LogP contribution in [0.4, 0.5) is 5.69 Å². The summed E-state index contributed by atoms with van der Waals surface area (Å²) in [5.41, 5.74) is 1.52. The van der Waals surface area contributed by atoms with Crippen LogP contribution in [0.25, 0.3) is 0 Å². The molecule has 0 bridgehead atoms. The summed E-state index contributed by atoms with van der Waals surface area (Å²) < 4.78 is 5.76. The Balaban J connectivity index is 2.20. The Morgan fingerprint density at radius 3 is 2.53 bits per heavy atom. The lowest BCUT2D eigenvalue weighted by atomic mass is 10.2. The molecule has 19 heavy (non-hydrogen) atoms. The van der Waals surface area contributed by atoms with Gasteiger partial charge in [-0.15, -0.1) is 0 Å². The summed E-state index contributed by atoms with van der Waals surface area (Å²) in [5, 5.41) is 11.4. The second-order valence-corrected chi connectivity index (χ2v) is 4.80. The number of rotatable bonds is 3. The predicted molar refractivity (Wildman–Crippen MR) is 72.5 cm³/mol. The van der Waals surface area contributed by atoms with Gasteiger partial charge in [0.2, 0.25) is 5.76 Å². The first-order chi connectivity index (χ1) is 8.97. The van der Waals surface area contributed by atoms with Gasteiger partial charge in [-0.1, -0.05) is 22.0 Å². The highest BCUT2D eigenvalue weighted by Gasteiger charge is 2.15. The van der Waals surface area contributed by atoms with E-state index in [2.05, 4.69) is 21.2 Å². The number of carboxylic acid groups (broad SMARTS) is 1. The summed E-state index contributed by atoms with van der Waals surface area (Å²) in [7, 11) is 0. The second-order valence-electron chi connectivity index (χ2n) is 3.88. The number of furan rings is 1. The zero-order valence-corrected chi connectivity index (χ0v) is 11.5. The number of hydrogen-bond acceptors (Lipinski definition) is 3. The Hall–Kier alpha value is -2.08. The zero-order chi connectivity index (χ0) is 14.0. The van der Waals surface area contributed by atoms with Gasteiger partial charge in [-0.05, 0) is 36.8 Å². The van der Waals surface area contributed by atoms with Crippen molar-refractivity contribution in [3.63, 3.8) is 0 Å². The molecule has 1 heterocycles. The van der Waals surface area contributed by atoms with E-state index < -0.39 is 11.9 Å². The van der Waals surface area contributed by atoms with Crippen molar-refractivity contribution in [3.05, 3.63) is 51.9 Å². The number of nitrogens with one attached hydrogen (secondary N) is 1. The highest BCUT2D eigenvalue weighted by Crippen LogP contribution is 2.21. The first-order valence-electron chi connectivity index (χ1n) is 5.38. The molecule has 1 aromatic heterocycles. The van der Waals surface area contributed by atoms with Gasteiger partial charge < -0.3 is 14.8 Å². The van der Waals surface area contributed by atoms with E-state index in [1.807, 2.05) is 19.1 Å². The SMILES string of the molecule is Cc1ccc(Br)cc1NC(=O)c1ccc(C(=O)O)o1. The summed E-state index contributed by atoms with van der Waals surface area (Å²) in [4.78, 5) is 22.6. The summed E-state index contributed by atoms with van der Waals surface area (Å²) in [5.74, 6) is -2.01. The quantitative estimate of drug-likeness (QED) is 0.908. The van der Waals surface area contributed by atoms with Gasteiger partial charge in [0.1, 0.15) is 0 Å². The second kappa shape index (κ2) is 5.27. The number of halogens is 1. The number of amides is 1. The Bertz CT molecular complexity index is 648. The van der Waals surface area contributed by atoms with E-state index in [0.717, 1.165) is 10.0 Å². The van der Waals surface area contributed by atoms with Crippen LogP contribution in [0.1, 0.15) is 26.7 Å². The van der Waals surface area contributed by atoms with Gasteiger partial charge >= 0.3 is 5.97 Å². The molecule has 0 aliphatic heterocycles. The highest BCUT2D eigenvalue weighted by atomic mass is 79.9. The minimum Gasteiger partial charge on any atom is -0.475 e. The van der Waals surface area contributed by atoms with Crippen LogP contribution in [-0.2, 0) is 0 Å². The van der Waals surface area contributed by atoms with Gasteiger partial charge in [-0.25, -0.2) is 4.79 Å². The van der Waals surface area contributed by atoms with Crippen molar-refractivity contribution in [1.29, 1.82) is 0 Å². The van der Waals surface area contributed by atoms with Crippen LogP contribution < -0.4 is 5.32 Å². The summed E-state index contributed by atoms with van der Waals surface area (Å²) in [6.45, 7) is 1.85. The minimum absolute atomic E-state index is 0.0447. The molecule has 6 heteroatoms. The molecular weight excluding hydrogens is 314 g/mol. The van der Waals surface area contributed by atoms with Crippen molar-refractivity contribution in [1.82, 2.24) is 0 Å². The molecule has 2 rings (SSSR count). The predicted octanol–water partition coefficient (Wildman–Crippen LogP) is 3.30. The number of aromatic carboxylic acids is 1. The molecule has 0 saturated heterocycles. The lowest BCUT2D eigenvalue weighted by Crippen LogP contribution is -2.12. The van der Waals surface area contributed by atoms with Crippen LogP contribution in [0.15, 0.2) is 39.2 Å². The Morgan fingerprint density at radius 2 is 1.89 bits per heavy atom. The van der Waals surface area contributed by atoms with Gasteiger partial charge in [0.25, 0.3) is 5.91 Å². The number of carbonyl (C=O) groups excluding carboxylic acids is 1. The summed E-state index contributed by atoms with van der Waals surface area (Å²) >= 11 is 3.31. The molecule has 5 nitrogen and oxygen atoms in total. The molecule has 2 aromatic rings. The van der Waals surface area contributed by atoms with Crippen molar-refractivity contribution in [2.75, 3.05) is 5.32 Å². The fourth-order valence-electron chi connectivity index (χ4n) is 1.49. The van der Waals surface area contributed by atoms with E-state index in [1.165, 1.54) is 12.1 Å². The normalized spacial score (nSPS) is 10.2. The average Bonchev–Trinajstić information content (AvgIpc) is 2.83. The fraction of sp³-hybridized carbons (Fsp3) is 0.0769. The average molecular weight is 324 g/mol. The zero-order valence-electron chi connectivity index (χ0n) is 9.94. The third-order valence-corrected chi connectivity index (χ3v) is 2.98. The molecule has 1 aromatic carbocycles. The molecular formula is C13H10BrNO4. The first kappa shape index (κ1) is 13.4. The van der Waals surface area contributed by atoms with Gasteiger partial charge in [-0.3, -0.25) is 4.79 Å². The van der Waals surface area contributed by atoms with E-state index in [9.17, 15) is 9.59 Å². The van der Waals surface area contributed by atoms with Gasteiger partial charge in [0, 0.05) is 10.2 Å². The van der Waals surface area contributed by atoms with Crippen molar-refractivity contribution in [2.24, 2.45) is 0 Å². The molecule has 0 unspecified atom stereocenters. The lowest BCUT2D eigenvalue weighted by Gasteiger charge is -2.07. The number of anilines is 1. The third-order valence-electron chi connectivity index (χ3n) is 2.49. The van der Waals surface area contributed by atoms with E-state index in [0.29, 0.717) is 5.69 Å². The van der Waals surface area contributed by atoms with Crippen LogP contribution in [-0.4, -0.2) is 17.0 Å². The molecule has 0 fully saturated rings. The van der Waals surface area contributed by atoms with Crippen LogP contribution in [0.5, 0.6) is 0 Å². The monoisotopic (exact) mass is 323 g/mol. The fourth-order valence-corrected chi connectivity index (χ4v) is 1.85. The van der Waals surface area contributed by atoms with Crippen molar-refractivity contribution in [3.8, 4) is 0 Å². The maximum absolute atomic E-state index is 11.9. The topological polar surface area (TPSA) is 79.5 Å². The maximum atomic E-state index is 11.9. The van der Waals surface area contributed by atoms with Crippen molar-refractivity contribution < 1.29 is 19.1 Å². The van der Waals surface area contributed by atoms with Crippen molar-refractivity contribution >= 4 is 33.5 Å². The van der Waals surface area contributed by atoms with Gasteiger partial charge in [0.05, 0.1) is 0 Å². The van der Waals surface area contributed by atoms with E-state index in [1.54, 1.807) is 6.07 Å². The Labute approximate surface area is 117 Å². The maximum Gasteiger partial charge on any atom is 0.371 e. The van der Waals surface area contributed by atoms with Crippen LogP contribution in [0, 0.1) is 6.92 Å². The molecule has 2 N–H and O–H groups in total. The number of hydrogen-bond donors (Lipinski definition) is 2. The standard InChI is InChI=1S/C13H10BrNO4/c1-7-2-3-8(14)6-9(7)15-12(16)10-4-5-11(19-10)13(17)18/h2-6H,1H3,(H,15,16)(H,17,18). The molecule has 0 aliphatic carbocycles. The molecule has 0 aliphatic rings. The van der Waals surface area contributed by atoms with Crippen LogP contribution in [0.2, 0.25) is 0 Å². The largest absolute Gasteiger partial charge is 0.475 e. The molecule has 98 valence electrons. The molecule has 0 atom stereocenters.